The van der Waals surface area contributed by atoms with E-state index in [1.165, 1.54) is 0 Å². The summed E-state index contributed by atoms with van der Waals surface area (Å²) in [6.07, 6.45) is 2.92. The van der Waals surface area contributed by atoms with Gasteiger partial charge >= 0.3 is 5.97 Å². The van der Waals surface area contributed by atoms with E-state index in [1.807, 2.05) is 39.0 Å². The van der Waals surface area contributed by atoms with Gasteiger partial charge in [-0.1, -0.05) is 13.0 Å². The summed E-state index contributed by atoms with van der Waals surface area (Å²) >= 11 is 0. The average Bonchev–Trinajstić information content (AvgIpc) is 2.79. The maximum absolute atomic E-state index is 13.1. The quantitative estimate of drug-likeness (QED) is 0.432. The summed E-state index contributed by atoms with van der Waals surface area (Å²) < 4.78 is 22.1. The highest BCUT2D eigenvalue weighted by atomic mass is 16.6. The van der Waals surface area contributed by atoms with Crippen molar-refractivity contribution in [3.05, 3.63) is 46.3 Å². The van der Waals surface area contributed by atoms with E-state index >= 15 is 0 Å². The zero-order valence-electron chi connectivity index (χ0n) is 19.4. The standard InChI is InChI=1S/C25H33NO6/c1-5-12-31-20-11-10-17(15-21(20)29-4)23-22(25(28)32-14-13-30-6-2)16(3)26-18-8-7-9-19(27)24(18)23/h10-11,15,23,26H,5-9,12-14H2,1-4H3/t23-/m1/s1. The minimum absolute atomic E-state index is 0.0566. The molecule has 1 aromatic rings. The average molecular weight is 444 g/mol. The number of Topliss-reactive ketones (excluding diaryl/α,β-unsaturated/α-hetero) is 1. The first-order chi connectivity index (χ1) is 15.5. The van der Waals surface area contributed by atoms with Crippen LogP contribution in [0.4, 0.5) is 0 Å². The van der Waals surface area contributed by atoms with Gasteiger partial charge in [-0.25, -0.2) is 4.79 Å². The molecule has 0 saturated heterocycles. The van der Waals surface area contributed by atoms with E-state index in [4.69, 9.17) is 18.9 Å². The van der Waals surface area contributed by atoms with Crippen molar-refractivity contribution in [3.8, 4) is 11.5 Å². The number of rotatable bonds is 10. The van der Waals surface area contributed by atoms with Crippen LogP contribution in [0.3, 0.4) is 0 Å². The minimum Gasteiger partial charge on any atom is -0.493 e. The van der Waals surface area contributed by atoms with E-state index in [2.05, 4.69) is 5.32 Å². The fourth-order valence-corrected chi connectivity index (χ4v) is 4.20. The molecule has 0 unspecified atom stereocenters. The number of nitrogens with one attached hydrogen (secondary N) is 1. The van der Waals surface area contributed by atoms with Crippen LogP contribution in [0.2, 0.25) is 0 Å². The Morgan fingerprint density at radius 1 is 1.12 bits per heavy atom. The highest BCUT2D eigenvalue weighted by Crippen LogP contribution is 2.44. The number of hydrogen-bond acceptors (Lipinski definition) is 7. The van der Waals surface area contributed by atoms with Crippen molar-refractivity contribution < 1.29 is 28.5 Å². The van der Waals surface area contributed by atoms with E-state index in [0.29, 0.717) is 54.6 Å². The van der Waals surface area contributed by atoms with Gasteiger partial charge in [0.25, 0.3) is 0 Å². The van der Waals surface area contributed by atoms with Crippen LogP contribution in [-0.2, 0) is 19.1 Å². The van der Waals surface area contributed by atoms with E-state index < -0.39 is 11.9 Å². The van der Waals surface area contributed by atoms with Gasteiger partial charge < -0.3 is 24.3 Å². The Morgan fingerprint density at radius 3 is 2.66 bits per heavy atom. The Kier molecular flexibility index (Phi) is 8.33. The summed E-state index contributed by atoms with van der Waals surface area (Å²) in [7, 11) is 1.58. The van der Waals surface area contributed by atoms with Crippen molar-refractivity contribution in [1.29, 1.82) is 0 Å². The lowest BCUT2D eigenvalue weighted by atomic mass is 9.75. The Balaban J connectivity index is 2.01. The first kappa shape index (κ1) is 23.9. The number of carbonyl (C=O) groups excluding carboxylic acids is 2. The number of dihydropyridines is 1. The lowest BCUT2D eigenvalue weighted by molar-refractivity contribution is -0.140. The van der Waals surface area contributed by atoms with Crippen molar-refractivity contribution in [1.82, 2.24) is 5.32 Å². The van der Waals surface area contributed by atoms with Crippen LogP contribution in [0.25, 0.3) is 0 Å². The number of hydrogen-bond donors (Lipinski definition) is 1. The molecule has 1 aliphatic carbocycles. The summed E-state index contributed by atoms with van der Waals surface area (Å²) in [5.41, 5.74) is 3.48. The van der Waals surface area contributed by atoms with Crippen LogP contribution in [0.1, 0.15) is 57.9 Å². The molecule has 0 radical (unpaired) electrons. The Bertz CT molecular complexity index is 917. The normalized spacial score (nSPS) is 18.2. The molecule has 174 valence electrons. The third-order valence-electron chi connectivity index (χ3n) is 5.64. The number of benzene rings is 1. The third-order valence-corrected chi connectivity index (χ3v) is 5.64. The van der Waals surface area contributed by atoms with Crippen LogP contribution >= 0.6 is 0 Å². The molecule has 1 atom stereocenters. The fourth-order valence-electron chi connectivity index (χ4n) is 4.20. The monoisotopic (exact) mass is 443 g/mol. The smallest absolute Gasteiger partial charge is 0.336 e. The van der Waals surface area contributed by atoms with Gasteiger partial charge in [0.2, 0.25) is 0 Å². The second-order valence-corrected chi connectivity index (χ2v) is 7.86. The summed E-state index contributed by atoms with van der Waals surface area (Å²) in [6, 6.07) is 5.60. The topological polar surface area (TPSA) is 83.1 Å². The molecule has 0 spiro atoms. The first-order valence-corrected chi connectivity index (χ1v) is 11.3. The third kappa shape index (κ3) is 5.15. The zero-order chi connectivity index (χ0) is 23.1. The van der Waals surface area contributed by atoms with Gasteiger partial charge in [-0.15, -0.1) is 0 Å². The van der Waals surface area contributed by atoms with Gasteiger partial charge in [-0.2, -0.15) is 0 Å². The van der Waals surface area contributed by atoms with Crippen molar-refractivity contribution in [2.75, 3.05) is 33.5 Å². The molecular formula is C25H33NO6. The summed E-state index contributed by atoms with van der Waals surface area (Å²) in [6.45, 7) is 7.40. The van der Waals surface area contributed by atoms with Crippen LogP contribution in [0.5, 0.6) is 11.5 Å². The lowest BCUT2D eigenvalue weighted by Crippen LogP contribution is -2.34. The predicted molar refractivity (Wildman–Crippen MR) is 121 cm³/mol. The summed E-state index contributed by atoms with van der Waals surface area (Å²) in [5, 5.41) is 3.30. The molecule has 0 amide bonds. The summed E-state index contributed by atoms with van der Waals surface area (Å²) in [4.78, 5) is 26.1. The molecule has 32 heavy (non-hydrogen) atoms. The molecule has 1 aromatic carbocycles. The van der Waals surface area contributed by atoms with E-state index in [-0.39, 0.29) is 12.4 Å². The number of ketones is 1. The molecule has 7 nitrogen and oxygen atoms in total. The second kappa shape index (κ2) is 11.2. The van der Waals surface area contributed by atoms with Crippen LogP contribution < -0.4 is 14.8 Å². The Hall–Kier alpha value is -2.80. The molecule has 1 heterocycles. The fraction of sp³-hybridized carbons (Fsp3) is 0.520. The van der Waals surface area contributed by atoms with Crippen molar-refractivity contribution in [3.63, 3.8) is 0 Å². The number of allylic oxidation sites excluding steroid dienone is 3. The van der Waals surface area contributed by atoms with Gasteiger partial charge in [0.05, 0.1) is 25.9 Å². The van der Waals surface area contributed by atoms with E-state index in [0.717, 1.165) is 30.5 Å². The lowest BCUT2D eigenvalue weighted by Gasteiger charge is -2.34. The van der Waals surface area contributed by atoms with Gasteiger partial charge in [0.15, 0.2) is 17.3 Å². The highest BCUT2D eigenvalue weighted by Gasteiger charge is 2.39. The molecule has 0 aromatic heterocycles. The Labute approximate surface area is 189 Å². The summed E-state index contributed by atoms with van der Waals surface area (Å²) in [5.74, 6) is 0.295. The molecule has 0 bridgehead atoms. The number of methoxy groups -OCH3 is 1. The highest BCUT2D eigenvalue weighted by molar-refractivity contribution is 6.03. The maximum atomic E-state index is 13.1. The minimum atomic E-state index is -0.521. The molecule has 3 rings (SSSR count). The number of carbonyl (C=O) groups is 2. The maximum Gasteiger partial charge on any atom is 0.336 e. The van der Waals surface area contributed by atoms with Gasteiger partial charge in [-0.05, 0) is 50.8 Å². The SMILES string of the molecule is CCCOc1ccc([C@@H]2C(C(=O)OCCOCC)=C(C)NC3=C2C(=O)CCC3)cc1OC. The Morgan fingerprint density at radius 2 is 1.94 bits per heavy atom. The molecule has 7 heteroatoms. The van der Waals surface area contributed by atoms with E-state index in [9.17, 15) is 9.59 Å². The van der Waals surface area contributed by atoms with Crippen molar-refractivity contribution in [2.24, 2.45) is 0 Å². The molecule has 0 saturated carbocycles. The molecule has 1 N–H and O–H groups in total. The number of esters is 1. The van der Waals surface area contributed by atoms with Gasteiger partial charge in [0, 0.05) is 35.9 Å². The predicted octanol–water partition coefficient (Wildman–Crippen LogP) is 4.03. The molecule has 2 aliphatic rings. The van der Waals surface area contributed by atoms with Gasteiger partial charge in [-0.3, -0.25) is 4.79 Å². The molecule has 0 fully saturated rings. The molecular weight excluding hydrogens is 410 g/mol. The second-order valence-electron chi connectivity index (χ2n) is 7.86. The molecule has 1 aliphatic heterocycles. The van der Waals surface area contributed by atoms with Crippen LogP contribution in [0.15, 0.2) is 40.7 Å². The van der Waals surface area contributed by atoms with Crippen LogP contribution in [0, 0.1) is 0 Å². The van der Waals surface area contributed by atoms with Crippen molar-refractivity contribution >= 4 is 11.8 Å². The first-order valence-electron chi connectivity index (χ1n) is 11.3. The van der Waals surface area contributed by atoms with E-state index in [1.54, 1.807) is 7.11 Å². The van der Waals surface area contributed by atoms with Gasteiger partial charge in [0.1, 0.15) is 6.61 Å². The largest absolute Gasteiger partial charge is 0.493 e. The number of ether oxygens (including phenoxy) is 4. The van der Waals surface area contributed by atoms with Crippen molar-refractivity contribution in [2.45, 2.75) is 52.4 Å². The zero-order valence-corrected chi connectivity index (χ0v) is 19.4. The van der Waals surface area contributed by atoms with Crippen LogP contribution in [-0.4, -0.2) is 45.3 Å².